The average Bonchev–Trinajstić information content (AvgIpc) is 2.67. The molecule has 0 fully saturated rings. The maximum atomic E-state index is 12.4. The van der Waals surface area contributed by atoms with Crippen LogP contribution >= 0.6 is 11.3 Å². The molecule has 10 heteroatoms. The Labute approximate surface area is 101 Å². The van der Waals surface area contributed by atoms with Gasteiger partial charge in [-0.25, -0.2) is 14.2 Å². The standard InChI is InChI=1S/C8H7F3N4O2S/c1-2-3-14-5(16)12-6-15(7(14)17)13-4(18-6)8(9,10)11/h2-3H2,1H3. The number of aromatic nitrogens is 4. The predicted molar refractivity (Wildman–Crippen MR) is 56.7 cm³/mol. The zero-order valence-electron chi connectivity index (χ0n) is 9.06. The molecule has 2 aromatic heterocycles. The number of nitrogens with zero attached hydrogens (tertiary/aromatic N) is 4. The topological polar surface area (TPSA) is 69.3 Å². The number of alkyl halides is 3. The Kier molecular flexibility index (Phi) is 2.97. The predicted octanol–water partition coefficient (Wildman–Crippen LogP) is 0.741. The van der Waals surface area contributed by atoms with Crippen LogP contribution < -0.4 is 11.4 Å². The van der Waals surface area contributed by atoms with Crippen molar-refractivity contribution in [1.82, 2.24) is 19.2 Å². The lowest BCUT2D eigenvalue weighted by atomic mass is 10.5. The van der Waals surface area contributed by atoms with Crippen molar-refractivity contribution in [2.45, 2.75) is 26.1 Å². The van der Waals surface area contributed by atoms with Gasteiger partial charge in [0.1, 0.15) is 0 Å². The van der Waals surface area contributed by atoms with Crippen LogP contribution in [0.25, 0.3) is 4.96 Å². The van der Waals surface area contributed by atoms with E-state index in [9.17, 15) is 22.8 Å². The Morgan fingerprint density at radius 1 is 1.33 bits per heavy atom. The second-order valence-corrected chi connectivity index (χ2v) is 4.38. The lowest BCUT2D eigenvalue weighted by molar-refractivity contribution is -0.138. The second-order valence-electron chi connectivity index (χ2n) is 3.43. The molecule has 0 saturated carbocycles. The van der Waals surface area contributed by atoms with Crippen LogP contribution in [-0.4, -0.2) is 19.2 Å². The first kappa shape index (κ1) is 12.7. The smallest absolute Gasteiger partial charge is 0.245 e. The summed E-state index contributed by atoms with van der Waals surface area (Å²) in [5.74, 6) is 0. The van der Waals surface area contributed by atoms with Crippen molar-refractivity contribution >= 4 is 16.3 Å². The first-order valence-corrected chi connectivity index (χ1v) is 5.74. The van der Waals surface area contributed by atoms with Crippen molar-refractivity contribution in [3.63, 3.8) is 0 Å². The van der Waals surface area contributed by atoms with Crippen molar-refractivity contribution in [3.8, 4) is 0 Å². The van der Waals surface area contributed by atoms with Crippen LogP contribution in [0, 0.1) is 0 Å². The fourth-order valence-electron chi connectivity index (χ4n) is 1.35. The summed E-state index contributed by atoms with van der Waals surface area (Å²) in [6.07, 6.45) is -4.18. The quantitative estimate of drug-likeness (QED) is 0.813. The number of fused-ring (bicyclic) bond motifs is 1. The van der Waals surface area contributed by atoms with Gasteiger partial charge in [-0.1, -0.05) is 18.3 Å². The summed E-state index contributed by atoms with van der Waals surface area (Å²) in [7, 11) is 0. The van der Waals surface area contributed by atoms with Gasteiger partial charge in [-0.2, -0.15) is 22.7 Å². The highest BCUT2D eigenvalue weighted by atomic mass is 32.1. The molecule has 18 heavy (non-hydrogen) atoms. The Hall–Kier alpha value is -1.71. The van der Waals surface area contributed by atoms with Gasteiger partial charge in [-0.15, -0.1) is 5.10 Å². The van der Waals surface area contributed by atoms with E-state index in [1.165, 1.54) is 0 Å². The number of rotatable bonds is 2. The summed E-state index contributed by atoms with van der Waals surface area (Å²) in [4.78, 5) is 26.2. The van der Waals surface area contributed by atoms with E-state index < -0.39 is 22.6 Å². The van der Waals surface area contributed by atoms with Gasteiger partial charge in [0.15, 0.2) is 0 Å². The van der Waals surface area contributed by atoms with Gasteiger partial charge in [0.25, 0.3) is 0 Å². The van der Waals surface area contributed by atoms with Crippen molar-refractivity contribution in [2.24, 2.45) is 0 Å². The summed E-state index contributed by atoms with van der Waals surface area (Å²) < 4.78 is 38.5. The van der Waals surface area contributed by atoms with Gasteiger partial charge in [0.05, 0.1) is 0 Å². The lowest BCUT2D eigenvalue weighted by Gasteiger charge is -2.00. The Morgan fingerprint density at radius 2 is 2.00 bits per heavy atom. The van der Waals surface area contributed by atoms with Crippen molar-refractivity contribution in [3.05, 3.63) is 26.0 Å². The van der Waals surface area contributed by atoms with Gasteiger partial charge in [0, 0.05) is 6.54 Å². The second kappa shape index (κ2) is 4.19. The zero-order chi connectivity index (χ0) is 13.5. The minimum Gasteiger partial charge on any atom is -0.245 e. The summed E-state index contributed by atoms with van der Waals surface area (Å²) in [6, 6.07) is 0. The van der Waals surface area contributed by atoms with E-state index in [-0.39, 0.29) is 22.8 Å². The highest BCUT2D eigenvalue weighted by Crippen LogP contribution is 2.31. The van der Waals surface area contributed by atoms with Crippen LogP contribution in [0.4, 0.5) is 13.2 Å². The van der Waals surface area contributed by atoms with Crippen molar-refractivity contribution in [2.75, 3.05) is 0 Å². The molecule has 0 saturated heterocycles. The van der Waals surface area contributed by atoms with Crippen molar-refractivity contribution < 1.29 is 13.2 Å². The van der Waals surface area contributed by atoms with E-state index in [2.05, 4.69) is 10.1 Å². The lowest BCUT2D eigenvalue weighted by Crippen LogP contribution is -2.39. The Bertz CT molecular complexity index is 699. The Morgan fingerprint density at radius 3 is 2.56 bits per heavy atom. The summed E-state index contributed by atoms with van der Waals surface area (Å²) >= 11 is 0.162. The zero-order valence-corrected chi connectivity index (χ0v) is 9.88. The largest absolute Gasteiger partial charge is 0.445 e. The molecule has 98 valence electrons. The van der Waals surface area contributed by atoms with Crippen LogP contribution in [0.15, 0.2) is 9.59 Å². The molecule has 0 unspecified atom stereocenters. The van der Waals surface area contributed by atoms with Crippen LogP contribution in [-0.2, 0) is 12.7 Å². The van der Waals surface area contributed by atoms with E-state index in [0.29, 0.717) is 10.9 Å². The molecule has 0 radical (unpaired) electrons. The molecule has 2 aromatic rings. The van der Waals surface area contributed by atoms with Gasteiger partial charge >= 0.3 is 17.6 Å². The molecule has 0 bridgehead atoms. The van der Waals surface area contributed by atoms with Gasteiger partial charge < -0.3 is 0 Å². The number of halogens is 3. The van der Waals surface area contributed by atoms with E-state index in [4.69, 9.17) is 0 Å². The fraction of sp³-hybridized carbons (Fsp3) is 0.500. The molecule has 0 aromatic carbocycles. The Balaban J connectivity index is 2.75. The third kappa shape index (κ3) is 2.03. The molecular weight excluding hydrogens is 273 g/mol. The molecule has 0 aliphatic heterocycles. The highest BCUT2D eigenvalue weighted by molar-refractivity contribution is 7.16. The van der Waals surface area contributed by atoms with Gasteiger partial charge in [0.2, 0.25) is 9.97 Å². The number of hydrogen-bond donors (Lipinski definition) is 0. The number of hydrogen-bond acceptors (Lipinski definition) is 5. The van der Waals surface area contributed by atoms with Crippen LogP contribution in [0.2, 0.25) is 0 Å². The molecule has 0 N–H and O–H groups in total. The minimum atomic E-state index is -4.66. The molecule has 6 nitrogen and oxygen atoms in total. The molecule has 0 atom stereocenters. The van der Waals surface area contributed by atoms with E-state index in [0.717, 1.165) is 4.57 Å². The van der Waals surface area contributed by atoms with E-state index in [1.54, 1.807) is 6.92 Å². The van der Waals surface area contributed by atoms with E-state index in [1.807, 2.05) is 0 Å². The van der Waals surface area contributed by atoms with Crippen LogP contribution in [0.1, 0.15) is 18.4 Å². The highest BCUT2D eigenvalue weighted by Gasteiger charge is 2.36. The summed E-state index contributed by atoms with van der Waals surface area (Å²) in [5.41, 5.74) is -1.77. The van der Waals surface area contributed by atoms with Gasteiger partial charge in [-0.05, 0) is 6.42 Å². The molecule has 2 rings (SSSR count). The third-order valence-corrected chi connectivity index (χ3v) is 3.04. The molecule has 0 spiro atoms. The first-order chi connectivity index (χ1) is 8.34. The molecule has 2 heterocycles. The molecule has 0 aliphatic carbocycles. The molecule has 0 aliphatic rings. The van der Waals surface area contributed by atoms with E-state index >= 15 is 0 Å². The van der Waals surface area contributed by atoms with Gasteiger partial charge in [-0.3, -0.25) is 0 Å². The average molecular weight is 280 g/mol. The minimum absolute atomic E-state index is 0.0898. The monoisotopic (exact) mass is 280 g/mol. The van der Waals surface area contributed by atoms with Crippen LogP contribution in [0.5, 0.6) is 0 Å². The molecule has 0 amide bonds. The first-order valence-electron chi connectivity index (χ1n) is 4.92. The third-order valence-electron chi connectivity index (χ3n) is 2.08. The fourth-order valence-corrected chi connectivity index (χ4v) is 2.09. The maximum Gasteiger partial charge on any atom is 0.445 e. The summed E-state index contributed by atoms with van der Waals surface area (Å²) in [6.45, 7) is 1.81. The SMILES string of the molecule is CCCn1c(=O)nc2sc(C(F)(F)F)nn2c1=O. The summed E-state index contributed by atoms with van der Waals surface area (Å²) in [5, 5.41) is 1.94. The maximum absolute atomic E-state index is 12.4. The molecular formula is C8H7F3N4O2S. The van der Waals surface area contributed by atoms with Crippen molar-refractivity contribution in [1.29, 1.82) is 0 Å². The normalized spacial score (nSPS) is 12.2. The van der Waals surface area contributed by atoms with Crippen LogP contribution in [0.3, 0.4) is 0 Å².